The fourth-order valence-corrected chi connectivity index (χ4v) is 3.59. The summed E-state index contributed by atoms with van der Waals surface area (Å²) in [5, 5.41) is 4.58. The highest BCUT2D eigenvalue weighted by Crippen LogP contribution is 2.44. The number of hydrogen-bond acceptors (Lipinski definition) is 2. The summed E-state index contributed by atoms with van der Waals surface area (Å²) < 4.78 is 0. The van der Waals surface area contributed by atoms with E-state index < -0.39 is 0 Å². The van der Waals surface area contributed by atoms with E-state index in [1.54, 1.807) is 12.1 Å². The molecule has 1 amide bonds. The minimum atomic E-state index is -0.323. The van der Waals surface area contributed by atoms with E-state index in [-0.39, 0.29) is 18.1 Å². The number of para-hydroxylation sites is 1. The minimum absolute atomic E-state index is 0.0397. The van der Waals surface area contributed by atoms with Crippen molar-refractivity contribution < 1.29 is 4.79 Å². The van der Waals surface area contributed by atoms with Crippen LogP contribution in [0.1, 0.15) is 34.9 Å². The van der Waals surface area contributed by atoms with Crippen LogP contribution in [0, 0.1) is 0 Å². The van der Waals surface area contributed by atoms with E-state index in [4.69, 9.17) is 23.2 Å². The zero-order valence-corrected chi connectivity index (χ0v) is 13.2. The van der Waals surface area contributed by atoms with Gasteiger partial charge in [-0.2, -0.15) is 0 Å². The highest BCUT2D eigenvalue weighted by Gasteiger charge is 2.43. The monoisotopic (exact) mass is 332 g/mol. The van der Waals surface area contributed by atoms with Crippen LogP contribution in [-0.4, -0.2) is 16.8 Å². The molecule has 1 N–H and O–H groups in total. The average Bonchev–Trinajstić information content (AvgIpc) is 3.32. The molecule has 4 rings (SSSR count). The summed E-state index contributed by atoms with van der Waals surface area (Å²) in [6.07, 6.45) is 1.72. The van der Waals surface area contributed by atoms with Gasteiger partial charge < -0.3 is 10.2 Å². The average molecular weight is 333 g/mol. The molecular weight excluding hydrogens is 319 g/mol. The molecule has 0 aromatic heterocycles. The van der Waals surface area contributed by atoms with Crippen LogP contribution in [0.3, 0.4) is 0 Å². The fraction of sp³-hybridized carbons (Fsp3) is 0.235. The molecule has 1 saturated carbocycles. The molecule has 1 atom stereocenters. The number of nitrogens with zero attached hydrogens (tertiary/aromatic N) is 1. The number of rotatable bonds is 2. The van der Waals surface area contributed by atoms with Gasteiger partial charge in [-0.1, -0.05) is 41.4 Å². The maximum atomic E-state index is 12.9. The summed E-state index contributed by atoms with van der Waals surface area (Å²) in [7, 11) is 0. The SMILES string of the molecule is O=C1c2ccccc2N[C@H](c2c(Cl)cccc2Cl)N1C1CC1. The number of carbonyl (C=O) groups excluding carboxylic acids is 1. The molecule has 1 fully saturated rings. The molecule has 2 aromatic carbocycles. The van der Waals surface area contributed by atoms with E-state index in [9.17, 15) is 4.79 Å². The zero-order chi connectivity index (χ0) is 15.3. The van der Waals surface area contributed by atoms with Crippen LogP contribution in [0.15, 0.2) is 42.5 Å². The number of carbonyl (C=O) groups is 1. The third kappa shape index (κ3) is 2.16. The lowest BCUT2D eigenvalue weighted by Gasteiger charge is -2.39. The first-order valence-corrected chi connectivity index (χ1v) is 8.04. The van der Waals surface area contributed by atoms with E-state index in [0.717, 1.165) is 24.1 Å². The first-order chi connectivity index (χ1) is 10.7. The van der Waals surface area contributed by atoms with Gasteiger partial charge in [0.1, 0.15) is 6.17 Å². The van der Waals surface area contributed by atoms with E-state index in [2.05, 4.69) is 5.32 Å². The number of amides is 1. The molecule has 1 heterocycles. The molecule has 0 saturated heterocycles. The molecule has 5 heteroatoms. The molecule has 0 spiro atoms. The number of anilines is 1. The third-order valence-electron chi connectivity index (χ3n) is 4.18. The quantitative estimate of drug-likeness (QED) is 0.862. The highest BCUT2D eigenvalue weighted by atomic mass is 35.5. The Kier molecular flexibility index (Phi) is 3.28. The Balaban J connectivity index is 1.86. The van der Waals surface area contributed by atoms with Crippen molar-refractivity contribution in [1.29, 1.82) is 0 Å². The summed E-state index contributed by atoms with van der Waals surface area (Å²) in [5.41, 5.74) is 2.29. The number of benzene rings is 2. The molecule has 2 aliphatic rings. The highest BCUT2D eigenvalue weighted by molar-refractivity contribution is 6.36. The maximum absolute atomic E-state index is 12.9. The molecule has 22 heavy (non-hydrogen) atoms. The van der Waals surface area contributed by atoms with Crippen LogP contribution in [0.5, 0.6) is 0 Å². The summed E-state index contributed by atoms with van der Waals surface area (Å²) >= 11 is 12.7. The van der Waals surface area contributed by atoms with Crippen molar-refractivity contribution in [1.82, 2.24) is 4.90 Å². The summed E-state index contributed by atoms with van der Waals surface area (Å²) in [6, 6.07) is 13.2. The Labute approximate surface area is 138 Å². The van der Waals surface area contributed by atoms with Crippen molar-refractivity contribution in [3.63, 3.8) is 0 Å². The van der Waals surface area contributed by atoms with Crippen molar-refractivity contribution in [2.24, 2.45) is 0 Å². The molecule has 2 aromatic rings. The second-order valence-electron chi connectivity index (χ2n) is 5.67. The van der Waals surface area contributed by atoms with Crippen molar-refractivity contribution in [3.8, 4) is 0 Å². The first-order valence-electron chi connectivity index (χ1n) is 7.29. The molecule has 1 aliphatic carbocycles. The summed E-state index contributed by atoms with van der Waals surface area (Å²) in [4.78, 5) is 14.8. The van der Waals surface area contributed by atoms with Gasteiger partial charge in [0.15, 0.2) is 0 Å². The van der Waals surface area contributed by atoms with Gasteiger partial charge in [0.2, 0.25) is 0 Å². The van der Waals surface area contributed by atoms with Crippen LogP contribution in [0.4, 0.5) is 5.69 Å². The topological polar surface area (TPSA) is 32.3 Å². The van der Waals surface area contributed by atoms with Crippen molar-refractivity contribution in [3.05, 3.63) is 63.6 Å². The predicted octanol–water partition coefficient (Wildman–Crippen LogP) is 4.72. The van der Waals surface area contributed by atoms with Crippen molar-refractivity contribution >= 4 is 34.8 Å². The van der Waals surface area contributed by atoms with Crippen molar-refractivity contribution in [2.75, 3.05) is 5.32 Å². The van der Waals surface area contributed by atoms with E-state index in [0.29, 0.717) is 15.6 Å². The Bertz CT molecular complexity index is 738. The normalized spacial score (nSPS) is 20.5. The second kappa shape index (κ2) is 5.18. The number of nitrogens with one attached hydrogen (secondary N) is 1. The molecule has 112 valence electrons. The van der Waals surface area contributed by atoms with Gasteiger partial charge in [0.25, 0.3) is 5.91 Å². The lowest BCUT2D eigenvalue weighted by Crippen LogP contribution is -2.44. The molecular formula is C17H14Cl2N2O. The Morgan fingerprint density at radius 3 is 2.36 bits per heavy atom. The van der Waals surface area contributed by atoms with Crippen LogP contribution >= 0.6 is 23.2 Å². The Morgan fingerprint density at radius 1 is 1.00 bits per heavy atom. The van der Waals surface area contributed by atoms with Gasteiger partial charge >= 0.3 is 0 Å². The van der Waals surface area contributed by atoms with Crippen LogP contribution < -0.4 is 5.32 Å². The van der Waals surface area contributed by atoms with Gasteiger partial charge in [-0.3, -0.25) is 4.79 Å². The molecule has 1 aliphatic heterocycles. The van der Waals surface area contributed by atoms with E-state index in [1.165, 1.54) is 0 Å². The third-order valence-corrected chi connectivity index (χ3v) is 4.83. The zero-order valence-electron chi connectivity index (χ0n) is 11.7. The predicted molar refractivity (Wildman–Crippen MR) is 88.5 cm³/mol. The van der Waals surface area contributed by atoms with Gasteiger partial charge in [0.05, 0.1) is 5.56 Å². The molecule has 3 nitrogen and oxygen atoms in total. The van der Waals surface area contributed by atoms with Gasteiger partial charge in [0, 0.05) is 27.3 Å². The van der Waals surface area contributed by atoms with Crippen LogP contribution in [-0.2, 0) is 0 Å². The number of hydrogen-bond donors (Lipinski definition) is 1. The number of fused-ring (bicyclic) bond motifs is 1. The lowest BCUT2D eigenvalue weighted by molar-refractivity contribution is 0.0666. The number of halogens is 2. The van der Waals surface area contributed by atoms with Crippen LogP contribution in [0.25, 0.3) is 0 Å². The Hall–Kier alpha value is -1.71. The van der Waals surface area contributed by atoms with Gasteiger partial charge in [-0.25, -0.2) is 0 Å². The van der Waals surface area contributed by atoms with E-state index >= 15 is 0 Å². The van der Waals surface area contributed by atoms with Gasteiger partial charge in [-0.15, -0.1) is 0 Å². The van der Waals surface area contributed by atoms with Gasteiger partial charge in [-0.05, 0) is 37.1 Å². The maximum Gasteiger partial charge on any atom is 0.258 e. The largest absolute Gasteiger partial charge is 0.361 e. The minimum Gasteiger partial charge on any atom is -0.361 e. The van der Waals surface area contributed by atoms with Crippen LogP contribution in [0.2, 0.25) is 10.0 Å². The second-order valence-corrected chi connectivity index (χ2v) is 6.49. The molecule has 0 radical (unpaired) electrons. The van der Waals surface area contributed by atoms with E-state index in [1.807, 2.05) is 35.2 Å². The standard InChI is InChI=1S/C17H14Cl2N2O/c18-12-5-3-6-13(19)15(12)16-20-14-7-2-1-4-11(14)17(22)21(16)10-8-9-10/h1-7,10,16,20H,8-9H2/t16-/m0/s1. The Morgan fingerprint density at radius 2 is 1.68 bits per heavy atom. The lowest BCUT2D eigenvalue weighted by atomic mass is 10.0. The molecule has 0 unspecified atom stereocenters. The summed E-state index contributed by atoms with van der Waals surface area (Å²) in [6.45, 7) is 0. The first kappa shape index (κ1) is 13.9. The summed E-state index contributed by atoms with van der Waals surface area (Å²) in [5.74, 6) is 0.0397. The van der Waals surface area contributed by atoms with Crippen molar-refractivity contribution in [2.45, 2.75) is 25.0 Å². The fourth-order valence-electron chi connectivity index (χ4n) is 2.98. The molecule has 0 bridgehead atoms. The smallest absolute Gasteiger partial charge is 0.258 e.